The van der Waals surface area contributed by atoms with Gasteiger partial charge in [0.25, 0.3) is 0 Å². The Morgan fingerprint density at radius 1 is 1.26 bits per heavy atom. The number of hydrogen-bond acceptors (Lipinski definition) is 3. The molecule has 1 amide bonds. The first-order chi connectivity index (χ1) is 11.2. The predicted molar refractivity (Wildman–Crippen MR) is 84.9 cm³/mol. The smallest absolute Gasteiger partial charge is 0.235 e. The van der Waals surface area contributed by atoms with Crippen LogP contribution >= 0.6 is 0 Å². The maximum absolute atomic E-state index is 12.5. The van der Waals surface area contributed by atoms with E-state index in [0.29, 0.717) is 5.69 Å². The van der Waals surface area contributed by atoms with Crippen LogP contribution in [-0.4, -0.2) is 16.1 Å². The highest BCUT2D eigenvalue weighted by Gasteiger charge is 2.65. The summed E-state index contributed by atoms with van der Waals surface area (Å²) in [4.78, 5) is 12.5. The molecule has 1 fully saturated rings. The number of hydrogen-bond donors (Lipinski definition) is 2. The summed E-state index contributed by atoms with van der Waals surface area (Å²) in [6, 6.07) is 15.9. The van der Waals surface area contributed by atoms with E-state index in [9.17, 15) is 4.79 Å². The van der Waals surface area contributed by atoms with Gasteiger partial charge in [0.1, 0.15) is 6.07 Å². The lowest BCUT2D eigenvalue weighted by Gasteiger charge is -2.08. The number of amides is 1. The van der Waals surface area contributed by atoms with E-state index >= 15 is 0 Å². The number of nitrogens with one attached hydrogen (secondary N) is 2. The average molecular weight is 300 g/mol. The number of rotatable bonds is 1. The number of aromatic amines is 1. The monoisotopic (exact) mass is 300 g/mol. The molecule has 2 heterocycles. The summed E-state index contributed by atoms with van der Waals surface area (Å²) >= 11 is 0. The van der Waals surface area contributed by atoms with E-state index in [4.69, 9.17) is 5.26 Å². The van der Waals surface area contributed by atoms with E-state index in [1.807, 2.05) is 42.5 Å². The fourth-order valence-electron chi connectivity index (χ4n) is 3.89. The number of para-hydroxylation sites is 1. The summed E-state index contributed by atoms with van der Waals surface area (Å²) in [6.07, 6.45) is 0.820. The molecule has 1 saturated carbocycles. The summed E-state index contributed by atoms with van der Waals surface area (Å²) in [6.45, 7) is 0. The van der Waals surface area contributed by atoms with Crippen LogP contribution in [0.5, 0.6) is 0 Å². The van der Waals surface area contributed by atoms with Gasteiger partial charge in [-0.15, -0.1) is 0 Å². The number of H-pyrrole nitrogens is 1. The van der Waals surface area contributed by atoms with Crippen LogP contribution in [0.2, 0.25) is 0 Å². The first kappa shape index (κ1) is 12.4. The van der Waals surface area contributed by atoms with Gasteiger partial charge < -0.3 is 5.32 Å². The Bertz CT molecular complexity index is 1030. The third-order valence-electron chi connectivity index (χ3n) is 5.12. The lowest BCUT2D eigenvalue weighted by molar-refractivity contribution is -0.118. The van der Waals surface area contributed by atoms with Gasteiger partial charge in [0.05, 0.1) is 10.9 Å². The molecule has 2 N–H and O–H groups in total. The molecule has 0 unspecified atom stereocenters. The van der Waals surface area contributed by atoms with Crippen LogP contribution in [-0.2, 0) is 10.2 Å². The van der Waals surface area contributed by atoms with Crippen LogP contribution in [0.25, 0.3) is 10.9 Å². The lowest BCUT2D eigenvalue weighted by Crippen LogP contribution is -2.20. The molecule has 23 heavy (non-hydrogen) atoms. The molecule has 1 aliphatic heterocycles. The number of nitrogens with zero attached hydrogens (tertiary/aromatic N) is 2. The lowest BCUT2D eigenvalue weighted by atomic mass is 9.92. The van der Waals surface area contributed by atoms with Gasteiger partial charge in [0.2, 0.25) is 5.91 Å². The molecule has 0 saturated heterocycles. The largest absolute Gasteiger partial charge is 0.325 e. The molecule has 2 atom stereocenters. The minimum Gasteiger partial charge on any atom is -0.325 e. The van der Waals surface area contributed by atoms with Crippen LogP contribution < -0.4 is 5.32 Å². The number of carbonyl (C=O) groups excluding carboxylic acids is 1. The number of benzene rings is 2. The minimum absolute atomic E-state index is 0.0890. The van der Waals surface area contributed by atoms with E-state index in [1.54, 1.807) is 0 Å². The summed E-state index contributed by atoms with van der Waals surface area (Å²) < 4.78 is 0. The minimum atomic E-state index is -0.428. The molecule has 1 spiro atoms. The molecule has 0 radical (unpaired) electrons. The van der Waals surface area contributed by atoms with E-state index < -0.39 is 5.41 Å². The third-order valence-corrected chi connectivity index (χ3v) is 5.12. The summed E-state index contributed by atoms with van der Waals surface area (Å²) in [5, 5.41) is 19.8. The van der Waals surface area contributed by atoms with E-state index in [1.165, 1.54) is 0 Å². The zero-order valence-electron chi connectivity index (χ0n) is 12.1. The van der Waals surface area contributed by atoms with Gasteiger partial charge >= 0.3 is 0 Å². The van der Waals surface area contributed by atoms with Crippen LogP contribution in [0.3, 0.4) is 0 Å². The fourth-order valence-corrected chi connectivity index (χ4v) is 3.89. The van der Waals surface area contributed by atoms with Gasteiger partial charge in [0, 0.05) is 17.0 Å². The normalized spacial score (nSPS) is 24.5. The molecular weight excluding hydrogens is 288 g/mol. The third kappa shape index (κ3) is 1.45. The van der Waals surface area contributed by atoms with Crippen molar-refractivity contribution in [3.63, 3.8) is 0 Å². The second-order valence-electron chi connectivity index (χ2n) is 6.22. The molecule has 1 aliphatic carbocycles. The van der Waals surface area contributed by atoms with Crippen molar-refractivity contribution in [2.75, 3.05) is 5.32 Å². The number of carbonyl (C=O) groups is 1. The molecule has 5 rings (SSSR count). The first-order valence-electron chi connectivity index (χ1n) is 7.53. The zero-order valence-corrected chi connectivity index (χ0v) is 12.1. The number of aromatic nitrogens is 2. The Hall–Kier alpha value is -3.13. The topological polar surface area (TPSA) is 81.6 Å². The molecule has 1 aromatic heterocycles. The van der Waals surface area contributed by atoms with Crippen LogP contribution in [0, 0.1) is 11.3 Å². The molecule has 5 heteroatoms. The van der Waals surface area contributed by atoms with E-state index in [2.05, 4.69) is 21.6 Å². The number of anilines is 1. The van der Waals surface area contributed by atoms with E-state index in [0.717, 1.165) is 34.1 Å². The van der Waals surface area contributed by atoms with Gasteiger partial charge in [-0.05, 0) is 35.7 Å². The van der Waals surface area contributed by atoms with Gasteiger partial charge in [-0.25, -0.2) is 0 Å². The van der Waals surface area contributed by atoms with Crippen LogP contribution in [0.15, 0.2) is 42.5 Å². The van der Waals surface area contributed by atoms with Crippen molar-refractivity contribution in [2.24, 2.45) is 0 Å². The van der Waals surface area contributed by atoms with Gasteiger partial charge in [-0.3, -0.25) is 9.89 Å². The van der Waals surface area contributed by atoms with Crippen molar-refractivity contribution in [3.05, 3.63) is 59.3 Å². The molecule has 110 valence electrons. The zero-order chi connectivity index (χ0) is 15.6. The number of fused-ring (bicyclic) bond motifs is 3. The Morgan fingerprint density at radius 3 is 3.00 bits per heavy atom. The SMILES string of the molecule is N#Cc1n[nH]c2cc([C@@H]3C[C@@]34C(=O)Nc3ccccc34)ccc12. The molecular formula is C18H12N4O. The predicted octanol–water partition coefficient (Wildman–Crippen LogP) is 2.81. The summed E-state index contributed by atoms with van der Waals surface area (Å²) in [5.74, 6) is 0.260. The highest BCUT2D eigenvalue weighted by atomic mass is 16.2. The fraction of sp³-hybridized carbons (Fsp3) is 0.167. The van der Waals surface area contributed by atoms with Crippen molar-refractivity contribution < 1.29 is 4.79 Å². The first-order valence-corrected chi connectivity index (χ1v) is 7.53. The standard InChI is InChI=1S/C18H12N4O/c19-9-16-11-6-5-10(7-15(11)21-22-16)13-8-18(13)12-3-1-2-4-14(12)20-17(18)23/h1-7,13H,8H2,(H,20,23)(H,21,22)/t13-,18-/m0/s1. The molecule has 2 aliphatic rings. The maximum atomic E-state index is 12.5. The van der Waals surface area contributed by atoms with Crippen molar-refractivity contribution in [2.45, 2.75) is 17.8 Å². The molecule has 0 bridgehead atoms. The Balaban J connectivity index is 1.61. The van der Waals surface area contributed by atoms with Crippen LogP contribution in [0.1, 0.15) is 29.2 Å². The molecule has 5 nitrogen and oxygen atoms in total. The quantitative estimate of drug-likeness (QED) is 0.725. The van der Waals surface area contributed by atoms with E-state index in [-0.39, 0.29) is 11.8 Å². The van der Waals surface area contributed by atoms with Gasteiger partial charge in [-0.1, -0.05) is 24.3 Å². The maximum Gasteiger partial charge on any atom is 0.235 e. The Morgan fingerprint density at radius 2 is 2.13 bits per heavy atom. The average Bonchev–Trinajstić information content (AvgIpc) is 3.10. The molecule has 2 aromatic carbocycles. The van der Waals surface area contributed by atoms with Crippen molar-refractivity contribution in [3.8, 4) is 6.07 Å². The van der Waals surface area contributed by atoms with Crippen molar-refractivity contribution in [1.82, 2.24) is 10.2 Å². The van der Waals surface area contributed by atoms with Crippen molar-refractivity contribution in [1.29, 1.82) is 5.26 Å². The summed E-state index contributed by atoms with van der Waals surface area (Å²) in [7, 11) is 0. The Labute approximate surface area is 131 Å². The molecule has 3 aromatic rings. The van der Waals surface area contributed by atoms with Gasteiger partial charge in [0.15, 0.2) is 5.69 Å². The van der Waals surface area contributed by atoms with Crippen LogP contribution in [0.4, 0.5) is 5.69 Å². The number of nitriles is 1. The highest BCUT2D eigenvalue weighted by molar-refractivity contribution is 6.09. The second-order valence-corrected chi connectivity index (χ2v) is 6.22. The Kier molecular flexibility index (Phi) is 2.15. The summed E-state index contributed by atoms with van der Waals surface area (Å²) in [5.41, 5.74) is 3.95. The second kappa shape index (κ2) is 3.99. The highest BCUT2D eigenvalue weighted by Crippen LogP contribution is 2.64. The van der Waals surface area contributed by atoms with Crippen molar-refractivity contribution >= 4 is 22.5 Å². The van der Waals surface area contributed by atoms with Gasteiger partial charge in [-0.2, -0.15) is 10.4 Å².